The van der Waals surface area contributed by atoms with Crippen LogP contribution < -0.4 is 5.32 Å². The Morgan fingerprint density at radius 1 is 1.25 bits per heavy atom. The molecule has 1 nitrogen and oxygen atoms in total. The lowest BCUT2D eigenvalue weighted by Crippen LogP contribution is -2.06. The van der Waals surface area contributed by atoms with E-state index in [9.17, 15) is 0 Å². The fourth-order valence-corrected chi connectivity index (χ4v) is 0.552. The Morgan fingerprint density at radius 2 is 1.88 bits per heavy atom. The molecule has 0 heterocycles. The van der Waals surface area contributed by atoms with Crippen molar-refractivity contribution in [3.05, 3.63) is 0 Å². The molecule has 0 amide bonds. The Bertz CT molecular complexity index is 27.7. The van der Waals surface area contributed by atoms with E-state index in [1.165, 1.54) is 25.8 Å². The topological polar surface area (TPSA) is 12.0 Å². The molecule has 0 aromatic heterocycles. The third-order valence-electron chi connectivity index (χ3n) is 1.03. The summed E-state index contributed by atoms with van der Waals surface area (Å²) in [6, 6.07) is 0. The van der Waals surface area contributed by atoms with Crippen molar-refractivity contribution in [2.75, 3.05) is 13.6 Å². The van der Waals surface area contributed by atoms with E-state index in [4.69, 9.17) is 0 Å². The number of rotatable bonds is 4. The quantitative estimate of drug-likeness (QED) is 0.583. The highest BCUT2D eigenvalue weighted by Gasteiger charge is 1.78. The van der Waals surface area contributed by atoms with Gasteiger partial charge in [0.05, 0.1) is 0 Å². The number of unbranched alkanes of at least 4 members (excludes halogenated alkanes) is 2. The zero-order valence-corrected chi connectivity index (χ0v) is 6.55. The minimum atomic E-state index is 0. The first-order valence-electron chi connectivity index (χ1n) is 3.06. The van der Waals surface area contributed by atoms with Crippen molar-refractivity contribution >= 4 is 12.4 Å². The van der Waals surface area contributed by atoms with Gasteiger partial charge < -0.3 is 5.32 Å². The van der Waals surface area contributed by atoms with E-state index in [1.807, 2.05) is 7.05 Å². The molecule has 0 saturated heterocycles. The molecule has 2 heteroatoms. The van der Waals surface area contributed by atoms with Gasteiger partial charge >= 0.3 is 0 Å². The number of nitrogens with one attached hydrogen (secondary N) is 1. The van der Waals surface area contributed by atoms with Crippen LogP contribution in [0.15, 0.2) is 0 Å². The minimum Gasteiger partial charge on any atom is -0.320 e. The second-order valence-corrected chi connectivity index (χ2v) is 1.81. The van der Waals surface area contributed by atoms with Crippen LogP contribution in [-0.2, 0) is 0 Å². The minimum absolute atomic E-state index is 0. The van der Waals surface area contributed by atoms with Gasteiger partial charge in [-0.1, -0.05) is 19.8 Å². The predicted molar refractivity (Wildman–Crippen MR) is 40.7 cm³/mol. The van der Waals surface area contributed by atoms with Gasteiger partial charge in [0, 0.05) is 0 Å². The summed E-state index contributed by atoms with van der Waals surface area (Å²) in [7, 11) is 2.00. The SMILES string of the molecule is CCCCCNC.Cl. The number of hydrogen-bond donors (Lipinski definition) is 1. The molecule has 0 unspecified atom stereocenters. The number of halogens is 1. The molecule has 0 aliphatic rings. The molecule has 0 spiro atoms. The molecule has 0 fully saturated rings. The smallest absolute Gasteiger partial charge is 0.00519 e. The van der Waals surface area contributed by atoms with Crippen LogP contribution in [0.5, 0.6) is 0 Å². The second-order valence-electron chi connectivity index (χ2n) is 1.81. The van der Waals surface area contributed by atoms with Gasteiger partial charge in [0.2, 0.25) is 0 Å². The molecule has 0 saturated carbocycles. The highest BCUT2D eigenvalue weighted by Crippen LogP contribution is 1.89. The lowest BCUT2D eigenvalue weighted by atomic mass is 10.2. The van der Waals surface area contributed by atoms with E-state index >= 15 is 0 Å². The van der Waals surface area contributed by atoms with Gasteiger partial charge in [0.1, 0.15) is 0 Å². The Hall–Kier alpha value is 0.250. The first kappa shape index (κ1) is 11.1. The highest BCUT2D eigenvalue weighted by atomic mass is 35.5. The summed E-state index contributed by atoms with van der Waals surface area (Å²) >= 11 is 0. The molecule has 0 aromatic carbocycles. The molecular formula is C6H16ClN. The van der Waals surface area contributed by atoms with Gasteiger partial charge in [0.15, 0.2) is 0 Å². The molecule has 0 rings (SSSR count). The first-order chi connectivity index (χ1) is 3.41. The molecular weight excluding hydrogens is 122 g/mol. The maximum absolute atomic E-state index is 3.10. The summed E-state index contributed by atoms with van der Waals surface area (Å²) < 4.78 is 0. The van der Waals surface area contributed by atoms with Gasteiger partial charge in [-0.2, -0.15) is 0 Å². The van der Waals surface area contributed by atoms with Crippen LogP contribution in [0.2, 0.25) is 0 Å². The maximum atomic E-state index is 3.10. The lowest BCUT2D eigenvalue weighted by Gasteiger charge is -1.93. The van der Waals surface area contributed by atoms with Crippen LogP contribution in [0.4, 0.5) is 0 Å². The van der Waals surface area contributed by atoms with Gasteiger partial charge in [-0.05, 0) is 20.0 Å². The summed E-state index contributed by atoms with van der Waals surface area (Å²) in [4.78, 5) is 0. The normalized spacial score (nSPS) is 8.25. The fraction of sp³-hybridized carbons (Fsp3) is 1.00. The molecule has 0 radical (unpaired) electrons. The molecule has 0 aromatic rings. The third kappa shape index (κ3) is 9.54. The van der Waals surface area contributed by atoms with E-state index in [0.29, 0.717) is 0 Å². The zero-order valence-electron chi connectivity index (χ0n) is 5.74. The van der Waals surface area contributed by atoms with Gasteiger partial charge in [-0.15, -0.1) is 12.4 Å². The standard InChI is InChI=1S/C6H15N.ClH/c1-3-4-5-6-7-2;/h7H,3-6H2,1-2H3;1H. The average molecular weight is 138 g/mol. The number of hydrogen-bond acceptors (Lipinski definition) is 1. The molecule has 0 atom stereocenters. The van der Waals surface area contributed by atoms with Crippen molar-refractivity contribution in [2.24, 2.45) is 0 Å². The van der Waals surface area contributed by atoms with Crippen LogP contribution in [-0.4, -0.2) is 13.6 Å². The van der Waals surface area contributed by atoms with Crippen molar-refractivity contribution in [1.82, 2.24) is 5.32 Å². The van der Waals surface area contributed by atoms with E-state index in [0.717, 1.165) is 0 Å². The Balaban J connectivity index is 0. The van der Waals surface area contributed by atoms with E-state index < -0.39 is 0 Å². The van der Waals surface area contributed by atoms with Crippen LogP contribution >= 0.6 is 12.4 Å². The zero-order chi connectivity index (χ0) is 5.54. The Kier molecular flexibility index (Phi) is 14.3. The van der Waals surface area contributed by atoms with Crippen LogP contribution in [0.3, 0.4) is 0 Å². The Morgan fingerprint density at radius 3 is 2.25 bits per heavy atom. The molecule has 8 heavy (non-hydrogen) atoms. The summed E-state index contributed by atoms with van der Waals surface area (Å²) in [5.41, 5.74) is 0. The van der Waals surface area contributed by atoms with Crippen molar-refractivity contribution in [1.29, 1.82) is 0 Å². The first-order valence-corrected chi connectivity index (χ1v) is 3.06. The summed E-state index contributed by atoms with van der Waals surface area (Å²) in [6.45, 7) is 3.39. The van der Waals surface area contributed by atoms with Crippen LogP contribution in [0.25, 0.3) is 0 Å². The monoisotopic (exact) mass is 137 g/mol. The van der Waals surface area contributed by atoms with Crippen molar-refractivity contribution in [3.63, 3.8) is 0 Å². The maximum Gasteiger partial charge on any atom is -0.00519 e. The highest BCUT2D eigenvalue weighted by molar-refractivity contribution is 5.85. The fourth-order valence-electron chi connectivity index (χ4n) is 0.552. The van der Waals surface area contributed by atoms with E-state index in [-0.39, 0.29) is 12.4 Å². The largest absolute Gasteiger partial charge is 0.320 e. The molecule has 0 bridgehead atoms. The van der Waals surface area contributed by atoms with Crippen molar-refractivity contribution in [2.45, 2.75) is 26.2 Å². The third-order valence-corrected chi connectivity index (χ3v) is 1.03. The van der Waals surface area contributed by atoms with Gasteiger partial charge in [0.25, 0.3) is 0 Å². The summed E-state index contributed by atoms with van der Waals surface area (Å²) in [5, 5.41) is 3.10. The van der Waals surface area contributed by atoms with Gasteiger partial charge in [-0.3, -0.25) is 0 Å². The van der Waals surface area contributed by atoms with Crippen LogP contribution in [0.1, 0.15) is 26.2 Å². The van der Waals surface area contributed by atoms with Crippen molar-refractivity contribution in [3.8, 4) is 0 Å². The second kappa shape index (κ2) is 10.3. The Labute approximate surface area is 58.3 Å². The predicted octanol–water partition coefficient (Wildman–Crippen LogP) is 1.82. The van der Waals surface area contributed by atoms with Crippen LogP contribution in [0, 0.1) is 0 Å². The molecule has 1 N–H and O–H groups in total. The molecule has 0 aliphatic heterocycles. The van der Waals surface area contributed by atoms with E-state index in [2.05, 4.69) is 12.2 Å². The summed E-state index contributed by atoms with van der Waals surface area (Å²) in [5.74, 6) is 0. The van der Waals surface area contributed by atoms with E-state index in [1.54, 1.807) is 0 Å². The average Bonchev–Trinajstić information content (AvgIpc) is 1.69. The lowest BCUT2D eigenvalue weighted by molar-refractivity contribution is 0.667. The van der Waals surface area contributed by atoms with Crippen molar-refractivity contribution < 1.29 is 0 Å². The molecule has 0 aliphatic carbocycles. The van der Waals surface area contributed by atoms with Gasteiger partial charge in [-0.25, -0.2) is 0 Å². The molecule has 52 valence electrons. The summed E-state index contributed by atoms with van der Waals surface area (Å²) in [6.07, 6.45) is 4.01.